The average Bonchev–Trinajstić information content (AvgIpc) is 3.55. The lowest BCUT2D eigenvalue weighted by Crippen LogP contribution is -2.29. The van der Waals surface area contributed by atoms with Crippen LogP contribution in [0.3, 0.4) is 0 Å². The number of nitrogens with zero attached hydrogens (tertiary/aromatic N) is 2. The molecule has 9 nitrogen and oxygen atoms in total. The van der Waals surface area contributed by atoms with E-state index < -0.39 is 5.91 Å². The van der Waals surface area contributed by atoms with Crippen LogP contribution in [0.15, 0.2) is 42.7 Å². The lowest BCUT2D eigenvalue weighted by molar-refractivity contribution is -0.120. The lowest BCUT2D eigenvalue weighted by Gasteiger charge is -2.23. The van der Waals surface area contributed by atoms with Crippen molar-refractivity contribution in [3.05, 3.63) is 53.2 Å². The maximum Gasteiger partial charge on any atom is 0.266 e. The van der Waals surface area contributed by atoms with Gasteiger partial charge in [0.1, 0.15) is 5.82 Å². The Morgan fingerprint density at radius 2 is 1.94 bits per heavy atom. The SMILES string of the molecule is CN(C(=O)CC(C)(C)C)c1ccc2c(CCC(N)=O)c(NC(=O)c3ccc(-c4cn[nH]c4)s3)[nH]c2c1. The van der Waals surface area contributed by atoms with Crippen LogP contribution < -0.4 is 16.0 Å². The molecule has 36 heavy (non-hydrogen) atoms. The number of aromatic amines is 2. The van der Waals surface area contributed by atoms with E-state index in [0.29, 0.717) is 23.5 Å². The third-order valence-electron chi connectivity index (χ3n) is 5.81. The Balaban J connectivity index is 1.63. The summed E-state index contributed by atoms with van der Waals surface area (Å²) >= 11 is 1.36. The Bertz CT molecular complexity index is 1410. The van der Waals surface area contributed by atoms with Crippen molar-refractivity contribution in [3.63, 3.8) is 0 Å². The fraction of sp³-hybridized carbons (Fsp3) is 0.308. The van der Waals surface area contributed by atoms with Crippen LogP contribution in [0.25, 0.3) is 21.3 Å². The predicted molar refractivity (Wildman–Crippen MR) is 143 cm³/mol. The molecule has 5 N–H and O–H groups in total. The average molecular weight is 507 g/mol. The maximum atomic E-state index is 13.1. The number of nitrogens with one attached hydrogen (secondary N) is 3. The monoisotopic (exact) mass is 506 g/mol. The van der Waals surface area contributed by atoms with Crippen molar-refractivity contribution in [2.24, 2.45) is 11.1 Å². The molecule has 0 aliphatic carbocycles. The molecule has 4 aromatic rings. The van der Waals surface area contributed by atoms with E-state index in [1.165, 1.54) is 11.3 Å². The van der Waals surface area contributed by atoms with E-state index in [4.69, 9.17) is 5.73 Å². The normalized spacial score (nSPS) is 11.6. The number of hydrogen-bond donors (Lipinski definition) is 4. The highest BCUT2D eigenvalue weighted by Gasteiger charge is 2.22. The summed E-state index contributed by atoms with van der Waals surface area (Å²) in [6, 6.07) is 9.28. The van der Waals surface area contributed by atoms with Crippen molar-refractivity contribution < 1.29 is 14.4 Å². The zero-order valence-electron chi connectivity index (χ0n) is 20.8. The van der Waals surface area contributed by atoms with Gasteiger partial charge in [0, 0.05) is 58.7 Å². The summed E-state index contributed by atoms with van der Waals surface area (Å²) in [6.07, 6.45) is 4.40. The number of aryl methyl sites for hydroxylation is 1. The van der Waals surface area contributed by atoms with Crippen molar-refractivity contribution in [2.75, 3.05) is 17.3 Å². The standard InChI is InChI=1S/C26H30N6O3S/c1-26(2,3)12-23(34)32(4)16-5-6-17-18(7-10-22(27)33)24(30-19(17)11-16)31-25(35)21-9-8-20(36-21)15-13-28-29-14-15/h5-6,8-9,11,13-14,30H,7,10,12H2,1-4H3,(H2,27,33)(H,28,29)(H,31,35). The van der Waals surface area contributed by atoms with Gasteiger partial charge in [-0.3, -0.25) is 19.5 Å². The number of H-pyrrole nitrogens is 2. The van der Waals surface area contributed by atoms with Gasteiger partial charge in [0.05, 0.1) is 11.1 Å². The number of fused-ring (bicyclic) bond motifs is 1. The van der Waals surface area contributed by atoms with Crippen LogP contribution in [0.1, 0.15) is 48.8 Å². The zero-order chi connectivity index (χ0) is 26.0. The number of amides is 3. The second kappa shape index (κ2) is 9.98. The van der Waals surface area contributed by atoms with Crippen LogP contribution >= 0.6 is 11.3 Å². The van der Waals surface area contributed by atoms with E-state index in [1.54, 1.807) is 30.4 Å². The van der Waals surface area contributed by atoms with E-state index in [0.717, 1.165) is 32.6 Å². The van der Waals surface area contributed by atoms with Gasteiger partial charge < -0.3 is 20.9 Å². The zero-order valence-corrected chi connectivity index (χ0v) is 21.6. The van der Waals surface area contributed by atoms with E-state index in [2.05, 4.69) is 20.5 Å². The van der Waals surface area contributed by atoms with Gasteiger partial charge in [-0.25, -0.2) is 0 Å². The van der Waals surface area contributed by atoms with Gasteiger partial charge in [-0.05, 0) is 36.1 Å². The Morgan fingerprint density at radius 3 is 2.61 bits per heavy atom. The Morgan fingerprint density at radius 1 is 1.17 bits per heavy atom. The number of thiophene rings is 1. The number of carbonyl (C=O) groups is 3. The third kappa shape index (κ3) is 5.65. The summed E-state index contributed by atoms with van der Waals surface area (Å²) in [5.41, 5.74) is 8.47. The van der Waals surface area contributed by atoms with Crippen molar-refractivity contribution >= 4 is 51.5 Å². The molecule has 1 aromatic carbocycles. The summed E-state index contributed by atoms with van der Waals surface area (Å²) in [5, 5.41) is 10.5. The third-order valence-corrected chi connectivity index (χ3v) is 6.94. The molecule has 0 fully saturated rings. The maximum absolute atomic E-state index is 13.1. The number of carbonyl (C=O) groups excluding carboxylic acids is 3. The molecule has 0 atom stereocenters. The van der Waals surface area contributed by atoms with E-state index in [1.807, 2.05) is 45.0 Å². The van der Waals surface area contributed by atoms with Crippen LogP contribution in [0.2, 0.25) is 0 Å². The molecule has 0 saturated carbocycles. The molecule has 3 aromatic heterocycles. The van der Waals surface area contributed by atoms with Crippen LogP contribution in [-0.4, -0.2) is 40.0 Å². The lowest BCUT2D eigenvalue weighted by atomic mass is 9.91. The van der Waals surface area contributed by atoms with E-state index in [-0.39, 0.29) is 23.7 Å². The van der Waals surface area contributed by atoms with Gasteiger partial charge in [-0.15, -0.1) is 11.3 Å². The number of rotatable bonds is 8. The number of hydrogen-bond acceptors (Lipinski definition) is 5. The van der Waals surface area contributed by atoms with E-state index in [9.17, 15) is 14.4 Å². The highest BCUT2D eigenvalue weighted by atomic mass is 32.1. The quantitative estimate of drug-likeness (QED) is 0.275. The van der Waals surface area contributed by atoms with Crippen LogP contribution in [0.4, 0.5) is 11.5 Å². The van der Waals surface area contributed by atoms with Crippen LogP contribution in [0.5, 0.6) is 0 Å². The highest BCUT2D eigenvalue weighted by Crippen LogP contribution is 2.33. The smallest absolute Gasteiger partial charge is 0.266 e. The van der Waals surface area contributed by atoms with Gasteiger partial charge in [0.25, 0.3) is 5.91 Å². The number of anilines is 2. The van der Waals surface area contributed by atoms with E-state index >= 15 is 0 Å². The molecular weight excluding hydrogens is 476 g/mol. The van der Waals surface area contributed by atoms with Gasteiger partial charge in [0.15, 0.2) is 0 Å². The fourth-order valence-electron chi connectivity index (χ4n) is 3.96. The molecule has 188 valence electrons. The molecular formula is C26H30N6O3S. The van der Waals surface area contributed by atoms with Gasteiger partial charge >= 0.3 is 0 Å². The molecule has 4 rings (SSSR count). The molecule has 0 saturated heterocycles. The number of primary amides is 1. The Kier molecular flexibility index (Phi) is 6.98. The second-order valence-corrected chi connectivity index (χ2v) is 11.1. The molecule has 10 heteroatoms. The molecule has 0 radical (unpaired) electrons. The van der Waals surface area contributed by atoms with Crippen molar-refractivity contribution in [3.8, 4) is 10.4 Å². The molecule has 3 amide bonds. The molecule has 0 aliphatic heterocycles. The Labute approximate surface area is 213 Å². The number of benzene rings is 1. The summed E-state index contributed by atoms with van der Waals surface area (Å²) < 4.78 is 0. The van der Waals surface area contributed by atoms with Gasteiger partial charge in [-0.2, -0.15) is 5.10 Å². The first-order valence-electron chi connectivity index (χ1n) is 11.6. The van der Waals surface area contributed by atoms with Crippen LogP contribution in [0, 0.1) is 5.41 Å². The van der Waals surface area contributed by atoms with Gasteiger partial charge in [0.2, 0.25) is 11.8 Å². The molecule has 3 heterocycles. The summed E-state index contributed by atoms with van der Waals surface area (Å²) in [4.78, 5) is 43.7. The first-order valence-corrected chi connectivity index (χ1v) is 12.4. The molecule has 0 unspecified atom stereocenters. The molecule has 0 spiro atoms. The van der Waals surface area contributed by atoms with Crippen molar-refractivity contribution in [2.45, 2.75) is 40.0 Å². The van der Waals surface area contributed by atoms with Crippen molar-refractivity contribution in [1.29, 1.82) is 0 Å². The van der Waals surface area contributed by atoms with Crippen LogP contribution in [-0.2, 0) is 16.0 Å². The number of aromatic nitrogens is 3. The predicted octanol–water partition coefficient (Wildman–Crippen LogP) is 4.69. The minimum atomic E-state index is -0.422. The summed E-state index contributed by atoms with van der Waals surface area (Å²) in [6.45, 7) is 6.08. The summed E-state index contributed by atoms with van der Waals surface area (Å²) in [7, 11) is 1.75. The highest BCUT2D eigenvalue weighted by molar-refractivity contribution is 7.17. The second-order valence-electron chi connectivity index (χ2n) is 9.97. The van der Waals surface area contributed by atoms with Gasteiger partial charge in [-0.1, -0.05) is 26.8 Å². The Hall–Kier alpha value is -3.92. The molecule has 0 bridgehead atoms. The topological polar surface area (TPSA) is 137 Å². The van der Waals surface area contributed by atoms with Crippen molar-refractivity contribution in [1.82, 2.24) is 15.2 Å². The molecule has 0 aliphatic rings. The largest absolute Gasteiger partial charge is 0.370 e. The first-order chi connectivity index (χ1) is 17.0. The number of nitrogens with two attached hydrogens (primary N) is 1. The minimum Gasteiger partial charge on any atom is -0.370 e. The minimum absolute atomic E-state index is 0.0157. The summed E-state index contributed by atoms with van der Waals surface area (Å²) in [5.74, 6) is -0.162. The first kappa shape index (κ1) is 25.2. The fourth-order valence-corrected chi connectivity index (χ4v) is 4.84.